The van der Waals surface area contributed by atoms with Crippen molar-refractivity contribution in [2.24, 2.45) is 0 Å². The maximum Gasteiger partial charge on any atom is 0.134 e. The van der Waals surface area contributed by atoms with Crippen LogP contribution < -0.4 is 11.1 Å². The van der Waals surface area contributed by atoms with Crippen molar-refractivity contribution in [2.75, 3.05) is 17.6 Å². The fraction of sp³-hybridized carbons (Fsp3) is 0.500. The molecule has 4 heteroatoms. The molecule has 3 N–H and O–H groups in total. The smallest absolute Gasteiger partial charge is 0.134 e. The minimum atomic E-state index is 0.545. The standard InChI is InChI=1S/C8H14N4/c1-3-4-10-8-6(2)7(9)11-5-12-8/h5H,3-4H2,1-2H3,(H3,9,10,11,12). The number of hydrogen-bond donors (Lipinski definition) is 2. The summed E-state index contributed by atoms with van der Waals surface area (Å²) in [5.41, 5.74) is 6.52. The Morgan fingerprint density at radius 2 is 2.25 bits per heavy atom. The van der Waals surface area contributed by atoms with Gasteiger partial charge in [-0.2, -0.15) is 0 Å². The van der Waals surface area contributed by atoms with Crippen molar-refractivity contribution >= 4 is 11.6 Å². The number of aromatic nitrogens is 2. The lowest BCUT2D eigenvalue weighted by Gasteiger charge is -2.07. The van der Waals surface area contributed by atoms with Crippen LogP contribution in [0.25, 0.3) is 0 Å². The SMILES string of the molecule is CCCNc1ncnc(N)c1C. The van der Waals surface area contributed by atoms with E-state index in [1.54, 1.807) is 0 Å². The summed E-state index contributed by atoms with van der Waals surface area (Å²) in [5.74, 6) is 1.38. The summed E-state index contributed by atoms with van der Waals surface area (Å²) in [7, 11) is 0. The van der Waals surface area contributed by atoms with Crippen molar-refractivity contribution in [1.29, 1.82) is 0 Å². The first-order valence-electron chi connectivity index (χ1n) is 4.06. The number of rotatable bonds is 3. The number of nitrogens with two attached hydrogens (primary N) is 1. The van der Waals surface area contributed by atoms with Crippen LogP contribution in [0.15, 0.2) is 6.33 Å². The van der Waals surface area contributed by atoms with Crippen LogP contribution in [0.4, 0.5) is 11.6 Å². The molecule has 0 radical (unpaired) electrons. The lowest BCUT2D eigenvalue weighted by molar-refractivity contribution is 0.960. The monoisotopic (exact) mass is 166 g/mol. The summed E-state index contributed by atoms with van der Waals surface area (Å²) >= 11 is 0. The molecule has 66 valence electrons. The van der Waals surface area contributed by atoms with Crippen LogP contribution in [0, 0.1) is 6.92 Å². The van der Waals surface area contributed by atoms with Gasteiger partial charge in [0, 0.05) is 12.1 Å². The Bertz CT molecular complexity index is 259. The maximum atomic E-state index is 5.60. The van der Waals surface area contributed by atoms with Gasteiger partial charge in [-0.25, -0.2) is 9.97 Å². The van der Waals surface area contributed by atoms with Crippen LogP contribution in [0.5, 0.6) is 0 Å². The molecular weight excluding hydrogens is 152 g/mol. The predicted octanol–water partition coefficient (Wildman–Crippen LogP) is 1.19. The van der Waals surface area contributed by atoms with E-state index in [4.69, 9.17) is 5.73 Å². The summed E-state index contributed by atoms with van der Waals surface area (Å²) in [5, 5.41) is 3.17. The van der Waals surface area contributed by atoms with Crippen molar-refractivity contribution in [2.45, 2.75) is 20.3 Å². The average Bonchev–Trinajstić information content (AvgIpc) is 2.08. The van der Waals surface area contributed by atoms with Crippen molar-refractivity contribution in [1.82, 2.24) is 9.97 Å². The highest BCUT2D eigenvalue weighted by molar-refractivity contribution is 5.53. The van der Waals surface area contributed by atoms with E-state index in [0.717, 1.165) is 24.3 Å². The number of nitrogens with zero attached hydrogens (tertiary/aromatic N) is 2. The lowest BCUT2D eigenvalue weighted by atomic mass is 10.3. The first kappa shape index (κ1) is 8.77. The molecule has 0 spiro atoms. The van der Waals surface area contributed by atoms with E-state index in [1.807, 2.05) is 6.92 Å². The molecule has 0 unspecified atom stereocenters. The molecule has 0 amide bonds. The molecule has 0 atom stereocenters. The zero-order valence-electron chi connectivity index (χ0n) is 7.46. The lowest BCUT2D eigenvalue weighted by Crippen LogP contribution is -2.06. The van der Waals surface area contributed by atoms with Gasteiger partial charge in [-0.15, -0.1) is 0 Å². The van der Waals surface area contributed by atoms with Gasteiger partial charge < -0.3 is 11.1 Å². The molecule has 0 saturated heterocycles. The average molecular weight is 166 g/mol. The quantitative estimate of drug-likeness (QED) is 0.708. The van der Waals surface area contributed by atoms with Crippen molar-refractivity contribution in [3.05, 3.63) is 11.9 Å². The van der Waals surface area contributed by atoms with Crippen LogP contribution in [-0.4, -0.2) is 16.5 Å². The van der Waals surface area contributed by atoms with Gasteiger partial charge in [-0.3, -0.25) is 0 Å². The van der Waals surface area contributed by atoms with Gasteiger partial charge in [-0.1, -0.05) is 6.92 Å². The van der Waals surface area contributed by atoms with Crippen LogP contribution in [0.3, 0.4) is 0 Å². The zero-order valence-corrected chi connectivity index (χ0v) is 7.46. The number of nitrogen functional groups attached to an aromatic ring is 1. The molecule has 1 aromatic heterocycles. The van der Waals surface area contributed by atoms with Crippen molar-refractivity contribution in [3.63, 3.8) is 0 Å². The first-order chi connectivity index (χ1) is 5.75. The van der Waals surface area contributed by atoms with Crippen molar-refractivity contribution < 1.29 is 0 Å². The van der Waals surface area contributed by atoms with Gasteiger partial charge in [0.2, 0.25) is 0 Å². The van der Waals surface area contributed by atoms with Gasteiger partial charge in [0.25, 0.3) is 0 Å². The third-order valence-electron chi connectivity index (χ3n) is 1.67. The number of hydrogen-bond acceptors (Lipinski definition) is 4. The Hall–Kier alpha value is -1.32. The maximum absolute atomic E-state index is 5.60. The van der Waals surface area contributed by atoms with Gasteiger partial charge in [0.1, 0.15) is 18.0 Å². The second kappa shape index (κ2) is 3.90. The molecule has 0 aliphatic rings. The van der Waals surface area contributed by atoms with Gasteiger partial charge >= 0.3 is 0 Å². The van der Waals surface area contributed by atoms with Gasteiger partial charge in [-0.05, 0) is 13.3 Å². The Kier molecular flexibility index (Phi) is 2.85. The topological polar surface area (TPSA) is 63.8 Å². The van der Waals surface area contributed by atoms with Crippen LogP contribution >= 0.6 is 0 Å². The number of nitrogens with one attached hydrogen (secondary N) is 1. The van der Waals surface area contributed by atoms with Crippen molar-refractivity contribution in [3.8, 4) is 0 Å². The molecule has 0 aliphatic heterocycles. The van der Waals surface area contributed by atoms with E-state index >= 15 is 0 Å². The summed E-state index contributed by atoms with van der Waals surface area (Å²) in [6, 6.07) is 0. The Labute approximate surface area is 72.2 Å². The predicted molar refractivity (Wildman–Crippen MR) is 50.0 cm³/mol. The minimum absolute atomic E-state index is 0.545. The molecule has 0 fully saturated rings. The second-order valence-electron chi connectivity index (χ2n) is 2.66. The van der Waals surface area contributed by atoms with Gasteiger partial charge in [0.05, 0.1) is 0 Å². The highest BCUT2D eigenvalue weighted by Gasteiger charge is 2.01. The third kappa shape index (κ3) is 1.84. The molecule has 0 saturated carbocycles. The molecule has 1 heterocycles. The fourth-order valence-electron chi connectivity index (χ4n) is 0.885. The van der Waals surface area contributed by atoms with E-state index in [1.165, 1.54) is 6.33 Å². The van der Waals surface area contributed by atoms with Crippen LogP contribution in [0.1, 0.15) is 18.9 Å². The molecule has 1 aromatic rings. The fourth-order valence-corrected chi connectivity index (χ4v) is 0.885. The van der Waals surface area contributed by atoms with Gasteiger partial charge in [0.15, 0.2) is 0 Å². The van der Waals surface area contributed by atoms with E-state index in [0.29, 0.717) is 5.82 Å². The Morgan fingerprint density at radius 3 is 2.92 bits per heavy atom. The normalized spacial score (nSPS) is 9.83. The van der Waals surface area contributed by atoms with E-state index in [9.17, 15) is 0 Å². The molecule has 0 aromatic carbocycles. The molecule has 0 bridgehead atoms. The molecule has 4 nitrogen and oxygen atoms in total. The third-order valence-corrected chi connectivity index (χ3v) is 1.67. The van der Waals surface area contributed by atoms with E-state index in [-0.39, 0.29) is 0 Å². The van der Waals surface area contributed by atoms with E-state index < -0.39 is 0 Å². The molecular formula is C8H14N4. The zero-order chi connectivity index (χ0) is 8.97. The Morgan fingerprint density at radius 1 is 1.50 bits per heavy atom. The Balaban J connectivity index is 2.78. The molecule has 1 rings (SSSR count). The molecule has 12 heavy (non-hydrogen) atoms. The highest BCUT2D eigenvalue weighted by atomic mass is 15.0. The molecule has 0 aliphatic carbocycles. The first-order valence-corrected chi connectivity index (χ1v) is 4.06. The second-order valence-corrected chi connectivity index (χ2v) is 2.66. The summed E-state index contributed by atoms with van der Waals surface area (Å²) in [6.45, 7) is 4.93. The van der Waals surface area contributed by atoms with E-state index in [2.05, 4.69) is 22.2 Å². The minimum Gasteiger partial charge on any atom is -0.383 e. The number of anilines is 2. The summed E-state index contributed by atoms with van der Waals surface area (Å²) in [6.07, 6.45) is 2.55. The largest absolute Gasteiger partial charge is 0.383 e. The van der Waals surface area contributed by atoms with Crippen LogP contribution in [-0.2, 0) is 0 Å². The highest BCUT2D eigenvalue weighted by Crippen LogP contribution is 2.14. The summed E-state index contributed by atoms with van der Waals surface area (Å²) < 4.78 is 0. The van der Waals surface area contributed by atoms with Crippen LogP contribution in [0.2, 0.25) is 0 Å². The summed E-state index contributed by atoms with van der Waals surface area (Å²) in [4.78, 5) is 7.95.